The van der Waals surface area contributed by atoms with E-state index in [9.17, 15) is 4.79 Å². The van der Waals surface area contributed by atoms with Crippen LogP contribution in [0.4, 0.5) is 0 Å². The maximum atomic E-state index is 11.1. The minimum atomic E-state index is -0.186. The van der Waals surface area contributed by atoms with Gasteiger partial charge in [-0.3, -0.25) is 4.79 Å². The van der Waals surface area contributed by atoms with E-state index in [4.69, 9.17) is 4.74 Å². The van der Waals surface area contributed by atoms with E-state index in [1.54, 1.807) is 0 Å². The first-order valence-electron chi connectivity index (χ1n) is 3.80. The van der Waals surface area contributed by atoms with Crippen LogP contribution in [-0.4, -0.2) is 30.5 Å². The third-order valence-electron chi connectivity index (χ3n) is 1.62. The number of halogens is 1. The van der Waals surface area contributed by atoms with Crippen LogP contribution in [0.5, 0.6) is 0 Å². The van der Waals surface area contributed by atoms with Crippen LogP contribution in [0.15, 0.2) is 0 Å². The molecule has 3 nitrogen and oxygen atoms in total. The molecule has 1 atom stereocenters. The van der Waals surface area contributed by atoms with Crippen molar-refractivity contribution < 1.29 is 9.53 Å². The van der Waals surface area contributed by atoms with Gasteiger partial charge in [0.25, 0.3) is 0 Å². The number of ether oxygens (including phenoxy) is 1. The Labute approximate surface area is 74.6 Å². The third kappa shape index (κ3) is 2.79. The van der Waals surface area contributed by atoms with Crippen LogP contribution in [0.3, 0.4) is 0 Å². The highest BCUT2D eigenvalue weighted by Crippen LogP contribution is 2.11. The van der Waals surface area contributed by atoms with E-state index < -0.39 is 0 Å². The van der Waals surface area contributed by atoms with E-state index in [1.165, 1.54) is 0 Å². The number of rotatable bonds is 3. The maximum absolute atomic E-state index is 11.1. The molecule has 0 saturated carbocycles. The summed E-state index contributed by atoms with van der Waals surface area (Å²) >= 11 is 3.23. The van der Waals surface area contributed by atoms with Gasteiger partial charge in [0.15, 0.2) is 0 Å². The van der Waals surface area contributed by atoms with Crippen molar-refractivity contribution in [2.24, 2.45) is 0 Å². The molecule has 1 aliphatic heterocycles. The molecule has 0 radical (unpaired) electrons. The quantitative estimate of drug-likeness (QED) is 0.713. The second-order valence-corrected chi connectivity index (χ2v) is 3.27. The van der Waals surface area contributed by atoms with E-state index in [2.05, 4.69) is 21.2 Å². The monoisotopic (exact) mass is 221 g/mol. The number of hydrogen-bond donors (Lipinski definition) is 1. The van der Waals surface area contributed by atoms with Gasteiger partial charge in [-0.15, -0.1) is 0 Å². The average Bonchev–Trinajstić information content (AvgIpc) is 2.52. The summed E-state index contributed by atoms with van der Waals surface area (Å²) in [6.45, 7) is 1.41. The summed E-state index contributed by atoms with van der Waals surface area (Å²) in [5, 5.41) is 3.56. The van der Waals surface area contributed by atoms with Crippen LogP contribution in [0.2, 0.25) is 0 Å². The molecule has 1 N–H and O–H groups in total. The SMILES string of the molecule is O=C(NCCBr)C1CCCO1. The molecule has 64 valence electrons. The van der Waals surface area contributed by atoms with Gasteiger partial charge < -0.3 is 10.1 Å². The molecule has 11 heavy (non-hydrogen) atoms. The zero-order chi connectivity index (χ0) is 8.10. The Balaban J connectivity index is 2.17. The highest BCUT2D eigenvalue weighted by molar-refractivity contribution is 9.09. The highest BCUT2D eigenvalue weighted by atomic mass is 79.9. The molecule has 4 heteroatoms. The summed E-state index contributed by atoms with van der Waals surface area (Å²) in [6.07, 6.45) is 1.69. The minimum Gasteiger partial charge on any atom is -0.368 e. The first-order chi connectivity index (χ1) is 5.34. The number of hydrogen-bond acceptors (Lipinski definition) is 2. The summed E-state index contributed by atoms with van der Waals surface area (Å²) in [5.41, 5.74) is 0. The summed E-state index contributed by atoms with van der Waals surface area (Å²) < 4.78 is 5.18. The van der Waals surface area contributed by atoms with Gasteiger partial charge in [-0.2, -0.15) is 0 Å². The fourth-order valence-corrected chi connectivity index (χ4v) is 1.27. The largest absolute Gasteiger partial charge is 0.368 e. The number of amides is 1. The first-order valence-corrected chi connectivity index (χ1v) is 4.92. The minimum absolute atomic E-state index is 0.0296. The predicted molar refractivity (Wildman–Crippen MR) is 45.8 cm³/mol. The lowest BCUT2D eigenvalue weighted by atomic mass is 10.2. The van der Waals surface area contributed by atoms with Gasteiger partial charge in [0, 0.05) is 18.5 Å². The Morgan fingerprint density at radius 3 is 3.09 bits per heavy atom. The normalized spacial score (nSPS) is 23.5. The van der Waals surface area contributed by atoms with Gasteiger partial charge in [-0.25, -0.2) is 0 Å². The molecular formula is C7H12BrNO2. The van der Waals surface area contributed by atoms with E-state index in [-0.39, 0.29) is 12.0 Å². The Morgan fingerprint density at radius 2 is 2.55 bits per heavy atom. The second kappa shape index (κ2) is 4.72. The Kier molecular flexibility index (Phi) is 3.86. The standard InChI is InChI=1S/C7H12BrNO2/c8-3-4-9-7(10)6-2-1-5-11-6/h6H,1-5H2,(H,9,10). The van der Waals surface area contributed by atoms with E-state index in [1.807, 2.05) is 0 Å². The lowest BCUT2D eigenvalue weighted by molar-refractivity contribution is -0.129. The number of nitrogens with one attached hydrogen (secondary N) is 1. The van der Waals surface area contributed by atoms with Crippen molar-refractivity contribution in [3.8, 4) is 0 Å². The topological polar surface area (TPSA) is 38.3 Å². The van der Waals surface area contributed by atoms with Crippen LogP contribution in [0.1, 0.15) is 12.8 Å². The van der Waals surface area contributed by atoms with Crippen molar-refractivity contribution in [3.63, 3.8) is 0 Å². The van der Waals surface area contributed by atoms with Gasteiger partial charge in [0.1, 0.15) is 6.10 Å². The molecular weight excluding hydrogens is 210 g/mol. The van der Waals surface area contributed by atoms with Crippen molar-refractivity contribution >= 4 is 21.8 Å². The van der Waals surface area contributed by atoms with Crippen LogP contribution in [0.25, 0.3) is 0 Å². The Hall–Kier alpha value is -0.0900. The van der Waals surface area contributed by atoms with Crippen molar-refractivity contribution in [2.45, 2.75) is 18.9 Å². The zero-order valence-electron chi connectivity index (χ0n) is 6.31. The van der Waals surface area contributed by atoms with Crippen LogP contribution in [0, 0.1) is 0 Å². The fraction of sp³-hybridized carbons (Fsp3) is 0.857. The van der Waals surface area contributed by atoms with Crippen molar-refractivity contribution in [2.75, 3.05) is 18.5 Å². The van der Waals surface area contributed by atoms with Gasteiger partial charge in [-0.1, -0.05) is 15.9 Å². The fourth-order valence-electron chi connectivity index (χ4n) is 1.07. The van der Waals surface area contributed by atoms with Gasteiger partial charge in [0.2, 0.25) is 5.91 Å². The van der Waals surface area contributed by atoms with Crippen LogP contribution >= 0.6 is 15.9 Å². The maximum Gasteiger partial charge on any atom is 0.249 e. The number of carbonyl (C=O) groups excluding carboxylic acids is 1. The van der Waals surface area contributed by atoms with Crippen molar-refractivity contribution in [3.05, 3.63) is 0 Å². The molecule has 1 heterocycles. The van der Waals surface area contributed by atoms with Gasteiger partial charge >= 0.3 is 0 Å². The molecule has 0 aromatic heterocycles. The Morgan fingerprint density at radius 1 is 1.73 bits per heavy atom. The third-order valence-corrected chi connectivity index (χ3v) is 2.01. The lowest BCUT2D eigenvalue weighted by Gasteiger charge is -2.08. The summed E-state index contributed by atoms with van der Waals surface area (Å²) in [6, 6.07) is 0. The molecule has 1 saturated heterocycles. The molecule has 1 fully saturated rings. The molecule has 0 aromatic carbocycles. The molecule has 0 bridgehead atoms. The highest BCUT2D eigenvalue weighted by Gasteiger charge is 2.22. The number of carbonyl (C=O) groups is 1. The molecule has 0 spiro atoms. The summed E-state index contributed by atoms with van der Waals surface area (Å²) in [5.74, 6) is 0.0296. The predicted octanol–water partition coefficient (Wildman–Crippen LogP) is 0.676. The van der Waals surface area contributed by atoms with Crippen LogP contribution < -0.4 is 5.32 Å². The van der Waals surface area contributed by atoms with E-state index in [0.717, 1.165) is 24.8 Å². The Bertz CT molecular complexity index is 134. The van der Waals surface area contributed by atoms with Crippen molar-refractivity contribution in [1.82, 2.24) is 5.32 Å². The smallest absolute Gasteiger partial charge is 0.249 e. The molecule has 1 aliphatic rings. The van der Waals surface area contributed by atoms with E-state index in [0.29, 0.717) is 6.54 Å². The molecule has 0 aliphatic carbocycles. The van der Waals surface area contributed by atoms with Gasteiger partial charge in [-0.05, 0) is 12.8 Å². The van der Waals surface area contributed by atoms with E-state index >= 15 is 0 Å². The first kappa shape index (κ1) is 9.00. The number of alkyl halides is 1. The van der Waals surface area contributed by atoms with Gasteiger partial charge in [0.05, 0.1) is 0 Å². The average molecular weight is 222 g/mol. The van der Waals surface area contributed by atoms with Crippen molar-refractivity contribution in [1.29, 1.82) is 0 Å². The molecule has 1 amide bonds. The molecule has 0 aromatic rings. The summed E-state index contributed by atoms with van der Waals surface area (Å²) in [4.78, 5) is 11.1. The second-order valence-electron chi connectivity index (χ2n) is 2.48. The molecule has 1 rings (SSSR count). The summed E-state index contributed by atoms with van der Waals surface area (Å²) in [7, 11) is 0. The molecule has 1 unspecified atom stereocenters. The lowest BCUT2D eigenvalue weighted by Crippen LogP contribution is -2.35. The van der Waals surface area contributed by atoms with Crippen LogP contribution in [-0.2, 0) is 9.53 Å². The zero-order valence-corrected chi connectivity index (χ0v) is 7.89.